The van der Waals surface area contributed by atoms with Crippen LogP contribution in [0.25, 0.3) is 33.4 Å². The predicted octanol–water partition coefficient (Wildman–Crippen LogP) is 6.00. The van der Waals surface area contributed by atoms with Crippen molar-refractivity contribution in [3.63, 3.8) is 0 Å². The van der Waals surface area contributed by atoms with E-state index in [4.69, 9.17) is 4.42 Å². The van der Waals surface area contributed by atoms with Crippen LogP contribution in [0, 0.1) is 5.92 Å². The van der Waals surface area contributed by atoms with Crippen LogP contribution in [-0.4, -0.2) is 96.4 Å². The van der Waals surface area contributed by atoms with E-state index in [9.17, 15) is 39.0 Å². The van der Waals surface area contributed by atoms with Gasteiger partial charge in [-0.3, -0.25) is 24.1 Å². The molecule has 0 saturated carbocycles. The second kappa shape index (κ2) is 18.7. The third-order valence-electron chi connectivity index (χ3n) is 11.5. The number of benzene rings is 4. The van der Waals surface area contributed by atoms with E-state index in [2.05, 4.69) is 10.6 Å². The molecule has 14 nitrogen and oxygen atoms in total. The number of ketones is 1. The van der Waals surface area contributed by atoms with Crippen molar-refractivity contribution in [3.05, 3.63) is 118 Å². The van der Waals surface area contributed by atoms with E-state index in [1.165, 1.54) is 22.7 Å². The van der Waals surface area contributed by atoms with Gasteiger partial charge in [-0.25, -0.2) is 14.2 Å². The lowest BCUT2D eigenvalue weighted by atomic mass is 9.87. The van der Waals surface area contributed by atoms with E-state index in [0.717, 1.165) is 22.0 Å². The molecule has 3 heterocycles. The van der Waals surface area contributed by atoms with Gasteiger partial charge in [0.25, 0.3) is 5.91 Å². The third-order valence-corrected chi connectivity index (χ3v) is 13.0. The number of carboxylic acids is 2. The second-order valence-electron chi connectivity index (χ2n) is 16.3. The predicted molar refractivity (Wildman–Crippen MR) is 241 cm³/mol. The minimum absolute atomic E-state index is 0.0251. The van der Waals surface area contributed by atoms with E-state index in [1.807, 2.05) is 74.1 Å². The molecule has 0 unspecified atom stereocenters. The average molecular weight is 873 g/mol. The van der Waals surface area contributed by atoms with Crippen molar-refractivity contribution in [1.29, 1.82) is 0 Å². The molecular formula is C48H50N5O9S+. The molecule has 0 aromatic heterocycles. The first-order valence-corrected chi connectivity index (χ1v) is 21.8. The van der Waals surface area contributed by atoms with Crippen molar-refractivity contribution in [2.45, 2.75) is 50.4 Å². The fourth-order valence-corrected chi connectivity index (χ4v) is 9.52. The topological polar surface area (TPSA) is 190 Å². The minimum Gasteiger partial charge on any atom is -0.478 e. The van der Waals surface area contributed by atoms with Crippen LogP contribution in [0.2, 0.25) is 0 Å². The van der Waals surface area contributed by atoms with Crippen LogP contribution < -0.4 is 25.5 Å². The fraction of sp³-hybridized carbons (Fsp3) is 0.312. The largest absolute Gasteiger partial charge is 0.478 e. The number of unbranched alkanes of at least 4 members (excludes halogenated alkanes) is 2. The summed E-state index contributed by atoms with van der Waals surface area (Å²) in [4.78, 5) is 81.2. The Morgan fingerprint density at radius 2 is 1.65 bits per heavy atom. The fourth-order valence-electron chi connectivity index (χ4n) is 8.16. The van der Waals surface area contributed by atoms with Gasteiger partial charge in [0, 0.05) is 79.1 Å². The Balaban J connectivity index is 0.968. The number of nitrogens with one attached hydrogen (secondary N) is 2. The van der Waals surface area contributed by atoms with Crippen LogP contribution in [0.15, 0.2) is 101 Å². The van der Waals surface area contributed by atoms with Crippen molar-refractivity contribution in [1.82, 2.24) is 20.1 Å². The van der Waals surface area contributed by atoms with Crippen LogP contribution in [0.1, 0.15) is 71.3 Å². The number of carbonyl (C=O) groups is 6. The highest BCUT2D eigenvalue weighted by Crippen LogP contribution is 2.46. The molecule has 4 aliphatic rings. The zero-order chi connectivity index (χ0) is 45.1. The zero-order valence-corrected chi connectivity index (χ0v) is 36.6. The van der Waals surface area contributed by atoms with E-state index < -0.39 is 41.1 Å². The molecule has 1 fully saturated rings. The highest BCUT2D eigenvalue weighted by Gasteiger charge is 2.53. The summed E-state index contributed by atoms with van der Waals surface area (Å²) in [6.45, 7) is 1.97. The standard InChI is InChI=1S/C48H49N5O9S/c1-27-26-63-46-36(45(57)53(46)43(27)48(60)61)25-37(54)42(28-12-8-6-9-13-28)50-40(55)14-10-7-11-21-49-44(56)29-15-18-32(35(22-29)47(58)59)41-33-19-16-30(51(2)3)23-38(33)62-39-24-31(52(4)5)17-20-34(39)41/h6,8-9,12-13,15-20,22-24,36,42,46H,7,10-11,14,21,25-26H2,1-5H3,(H3-,49,50,55,56,58,59,60,61)/p+1/t36-,42-,46-/m1/s1. The number of aromatic carboxylic acids is 1. The number of β-lactam (4-membered cyclic amide) rings is 1. The van der Waals surface area contributed by atoms with Gasteiger partial charge in [0.15, 0.2) is 5.78 Å². The summed E-state index contributed by atoms with van der Waals surface area (Å²) in [6.07, 6.45) is 1.60. The van der Waals surface area contributed by atoms with Crippen LogP contribution in [0.5, 0.6) is 0 Å². The molecule has 1 saturated heterocycles. The van der Waals surface area contributed by atoms with E-state index in [0.29, 0.717) is 58.6 Å². The van der Waals surface area contributed by atoms with Gasteiger partial charge < -0.3 is 30.2 Å². The number of anilines is 1. The Morgan fingerprint density at radius 3 is 2.35 bits per heavy atom. The second-order valence-corrected chi connectivity index (χ2v) is 17.4. The maximum absolute atomic E-state index is 13.7. The van der Waals surface area contributed by atoms with Gasteiger partial charge in [-0.15, -0.1) is 11.8 Å². The molecule has 0 radical (unpaired) electrons. The first-order valence-electron chi connectivity index (χ1n) is 20.7. The molecule has 63 heavy (non-hydrogen) atoms. The number of amides is 3. The van der Waals surface area contributed by atoms with Crippen molar-refractivity contribution < 1.29 is 43.4 Å². The highest BCUT2D eigenvalue weighted by atomic mass is 32.2. The molecule has 4 N–H and O–H groups in total. The smallest absolute Gasteiger partial charge is 0.352 e. The molecule has 3 aromatic carbocycles. The lowest BCUT2D eigenvalue weighted by Gasteiger charge is -2.49. The zero-order valence-electron chi connectivity index (χ0n) is 35.8. The Kier molecular flexibility index (Phi) is 13.2. The van der Waals surface area contributed by atoms with Gasteiger partial charge in [-0.2, -0.15) is 0 Å². The minimum atomic E-state index is -1.18. The summed E-state index contributed by atoms with van der Waals surface area (Å²) in [7, 11) is 7.72. The number of fused-ring (bicyclic) bond motifs is 3. The lowest BCUT2D eigenvalue weighted by molar-refractivity contribution is -0.154. The summed E-state index contributed by atoms with van der Waals surface area (Å²) in [6, 6.07) is 24.1. The summed E-state index contributed by atoms with van der Waals surface area (Å²) in [5.41, 5.74) is 4.68. The summed E-state index contributed by atoms with van der Waals surface area (Å²) in [5, 5.41) is 27.0. The van der Waals surface area contributed by atoms with Crippen molar-refractivity contribution in [2.24, 2.45) is 5.92 Å². The van der Waals surface area contributed by atoms with Crippen LogP contribution in [0.4, 0.5) is 5.69 Å². The van der Waals surface area contributed by atoms with E-state index >= 15 is 0 Å². The molecule has 3 aliphatic heterocycles. The molecule has 7 rings (SSSR count). The first kappa shape index (κ1) is 44.3. The summed E-state index contributed by atoms with van der Waals surface area (Å²) >= 11 is 1.43. The van der Waals surface area contributed by atoms with Gasteiger partial charge in [0.1, 0.15) is 37.2 Å². The van der Waals surface area contributed by atoms with E-state index in [-0.39, 0.29) is 47.9 Å². The number of Topliss-reactive ketones (excluding diaryl/α,β-unsaturated/α-hetero) is 1. The highest BCUT2D eigenvalue weighted by molar-refractivity contribution is 8.00. The summed E-state index contributed by atoms with van der Waals surface area (Å²) < 4.78 is 8.36. The molecular weight excluding hydrogens is 823 g/mol. The number of aliphatic carboxylic acids is 1. The summed E-state index contributed by atoms with van der Waals surface area (Å²) in [5.74, 6) is -3.53. The van der Waals surface area contributed by atoms with Crippen molar-refractivity contribution >= 4 is 63.9 Å². The van der Waals surface area contributed by atoms with Gasteiger partial charge in [-0.05, 0) is 66.8 Å². The molecule has 3 amide bonds. The number of hydrogen-bond acceptors (Lipinski definition) is 9. The van der Waals surface area contributed by atoms with Crippen LogP contribution in [-0.2, 0) is 19.2 Å². The molecule has 326 valence electrons. The quantitative estimate of drug-likeness (QED) is 0.0394. The normalized spacial score (nSPS) is 16.3. The molecule has 15 heteroatoms. The number of hydrogen-bond donors (Lipinski definition) is 4. The maximum atomic E-state index is 13.7. The Hall–Kier alpha value is -6.74. The number of carboxylic acid groups (broad SMARTS) is 2. The first-order chi connectivity index (χ1) is 30.1. The van der Waals surface area contributed by atoms with Gasteiger partial charge in [0.2, 0.25) is 17.2 Å². The van der Waals surface area contributed by atoms with Gasteiger partial charge >= 0.3 is 11.9 Å². The maximum Gasteiger partial charge on any atom is 0.352 e. The number of carbonyl (C=O) groups excluding carboxylic acids is 4. The SMILES string of the molecule is CC1=C(C(=O)O)N2C(=O)[C@@H](CC(=O)[C@H](NC(=O)CCCCCNC(=O)c3ccc(-c4c5ccc(=[N+](C)C)cc-5oc5cc(N(C)C)ccc45)c(C(=O)O)c3)c3ccccc3)[C@H]2SC1. The number of nitrogens with zero attached hydrogens (tertiary/aromatic N) is 3. The molecule has 3 atom stereocenters. The molecule has 3 aromatic rings. The van der Waals surface area contributed by atoms with Crippen molar-refractivity contribution in [2.75, 3.05) is 45.4 Å². The van der Waals surface area contributed by atoms with Crippen LogP contribution in [0.3, 0.4) is 0 Å². The number of thioether (sulfide) groups is 1. The number of rotatable bonds is 16. The molecule has 1 aliphatic carbocycles. The van der Waals surface area contributed by atoms with Gasteiger partial charge in [-0.1, -0.05) is 42.8 Å². The molecule has 0 bridgehead atoms. The van der Waals surface area contributed by atoms with Gasteiger partial charge in [0.05, 0.1) is 22.9 Å². The third kappa shape index (κ3) is 9.24. The van der Waals surface area contributed by atoms with Crippen molar-refractivity contribution in [3.8, 4) is 22.5 Å². The Labute approximate surface area is 368 Å². The Morgan fingerprint density at radius 1 is 0.905 bits per heavy atom. The monoisotopic (exact) mass is 872 g/mol. The molecule has 0 spiro atoms. The average Bonchev–Trinajstić information content (AvgIpc) is 3.26. The Bertz CT molecular complexity index is 2720. The lowest BCUT2D eigenvalue weighted by Crippen LogP contribution is -2.62. The van der Waals surface area contributed by atoms with Crippen LogP contribution >= 0.6 is 11.8 Å². The van der Waals surface area contributed by atoms with E-state index in [1.54, 1.807) is 49.4 Å².